The van der Waals surface area contributed by atoms with E-state index in [9.17, 15) is 9.59 Å². The Hall–Kier alpha value is -5.14. The maximum atomic E-state index is 11.2. The number of carboxylic acids is 2. The Labute approximate surface area is 209 Å². The molecule has 3 rings (SSSR count). The average Bonchev–Trinajstić information content (AvgIpc) is 2.83. The van der Waals surface area contributed by atoms with Crippen molar-refractivity contribution in [3.8, 4) is 12.1 Å². The molecular formula is C29H23N3O4. The molecule has 0 spiro atoms. The zero-order valence-corrected chi connectivity index (χ0v) is 20.0. The third kappa shape index (κ3) is 5.67. The fraction of sp³-hybridized carbons (Fsp3) is 0.103. The fourth-order valence-electron chi connectivity index (χ4n) is 3.99. The first-order valence-corrected chi connectivity index (χ1v) is 10.9. The van der Waals surface area contributed by atoms with E-state index in [1.807, 2.05) is 45.0 Å². The largest absolute Gasteiger partial charge is 0.477 e. The van der Waals surface area contributed by atoms with Crippen LogP contribution in [0.4, 0.5) is 17.1 Å². The molecule has 7 nitrogen and oxygen atoms in total. The second-order valence-corrected chi connectivity index (χ2v) is 8.22. The summed E-state index contributed by atoms with van der Waals surface area (Å²) in [7, 11) is 0. The van der Waals surface area contributed by atoms with E-state index >= 15 is 0 Å². The van der Waals surface area contributed by atoms with E-state index in [1.165, 1.54) is 12.2 Å². The van der Waals surface area contributed by atoms with Gasteiger partial charge in [0.2, 0.25) is 0 Å². The number of anilines is 3. The Kier molecular flexibility index (Phi) is 7.69. The number of hydrogen-bond acceptors (Lipinski definition) is 5. The lowest BCUT2D eigenvalue weighted by molar-refractivity contribution is -0.133. The molecule has 0 unspecified atom stereocenters. The lowest BCUT2D eigenvalue weighted by atomic mass is 10.0. The smallest absolute Gasteiger partial charge is 0.346 e. The standard InChI is InChI=1S/C29H23N3O4/c1-18-12-19(2)27(20(3)13-18)32(25-8-4-21(5-9-25)14-23(16-30)28(33)34)26-10-6-22(7-11-26)15-24(17-31)29(35)36/h4-15H,1-3H3,(H,33,34)(H,35,36). The van der Waals surface area contributed by atoms with E-state index in [0.29, 0.717) is 11.1 Å². The highest BCUT2D eigenvalue weighted by Gasteiger charge is 2.18. The minimum absolute atomic E-state index is 0.355. The monoisotopic (exact) mass is 477 g/mol. The molecule has 3 aromatic carbocycles. The molecule has 0 aliphatic heterocycles. The number of aryl methyl sites for hydroxylation is 3. The van der Waals surface area contributed by atoms with Crippen LogP contribution in [0, 0.1) is 43.4 Å². The number of aliphatic carboxylic acids is 2. The van der Waals surface area contributed by atoms with Crippen LogP contribution >= 0.6 is 0 Å². The molecule has 178 valence electrons. The maximum absolute atomic E-state index is 11.2. The normalized spacial score (nSPS) is 11.4. The van der Waals surface area contributed by atoms with Crippen molar-refractivity contribution < 1.29 is 19.8 Å². The number of carbonyl (C=O) groups is 2. The summed E-state index contributed by atoms with van der Waals surface area (Å²) in [6.45, 7) is 6.07. The van der Waals surface area contributed by atoms with Gasteiger partial charge in [-0.25, -0.2) is 9.59 Å². The molecule has 0 saturated heterocycles. The Morgan fingerprint density at radius 1 is 0.722 bits per heavy atom. The quantitative estimate of drug-likeness (QED) is 0.313. The van der Waals surface area contributed by atoms with Crippen molar-refractivity contribution in [1.82, 2.24) is 0 Å². The van der Waals surface area contributed by atoms with Crippen LogP contribution in [-0.4, -0.2) is 22.2 Å². The van der Waals surface area contributed by atoms with Gasteiger partial charge in [-0.1, -0.05) is 42.0 Å². The van der Waals surface area contributed by atoms with Crippen molar-refractivity contribution in [2.45, 2.75) is 20.8 Å². The number of rotatable bonds is 7. The molecule has 3 aromatic rings. The number of nitrogens with zero attached hydrogens (tertiary/aromatic N) is 3. The van der Waals surface area contributed by atoms with Gasteiger partial charge in [-0.2, -0.15) is 10.5 Å². The molecule has 2 N–H and O–H groups in total. The van der Waals surface area contributed by atoms with E-state index in [4.69, 9.17) is 20.7 Å². The van der Waals surface area contributed by atoms with Crippen LogP contribution in [0.25, 0.3) is 12.2 Å². The summed E-state index contributed by atoms with van der Waals surface area (Å²) in [4.78, 5) is 24.4. The highest BCUT2D eigenvalue weighted by Crippen LogP contribution is 2.39. The van der Waals surface area contributed by atoms with Crippen LogP contribution in [0.3, 0.4) is 0 Å². The predicted octanol–water partition coefficient (Wildman–Crippen LogP) is 6.06. The zero-order chi connectivity index (χ0) is 26.4. The minimum Gasteiger partial charge on any atom is -0.477 e. The van der Waals surface area contributed by atoms with Gasteiger partial charge < -0.3 is 15.1 Å². The van der Waals surface area contributed by atoms with Gasteiger partial charge >= 0.3 is 11.9 Å². The first-order chi connectivity index (χ1) is 17.1. The van der Waals surface area contributed by atoms with Crippen LogP contribution in [0.2, 0.25) is 0 Å². The fourth-order valence-corrected chi connectivity index (χ4v) is 3.99. The van der Waals surface area contributed by atoms with Crippen molar-refractivity contribution in [2.24, 2.45) is 0 Å². The second-order valence-electron chi connectivity index (χ2n) is 8.22. The summed E-state index contributed by atoms with van der Waals surface area (Å²) in [5.41, 5.74) is 6.26. The molecule has 0 amide bonds. The van der Waals surface area contributed by atoms with E-state index in [0.717, 1.165) is 33.8 Å². The average molecular weight is 478 g/mol. The molecule has 0 aromatic heterocycles. The SMILES string of the molecule is Cc1cc(C)c(N(c2ccc(C=C(C#N)C(=O)O)cc2)c2ccc(C=C(C#N)C(=O)O)cc2)c(C)c1. The molecule has 7 heteroatoms. The molecule has 0 aliphatic rings. The molecule has 0 saturated carbocycles. The van der Waals surface area contributed by atoms with Gasteiger partial charge in [-0.05, 0) is 79.4 Å². The topological polar surface area (TPSA) is 125 Å². The molecule has 0 fully saturated rings. The zero-order valence-electron chi connectivity index (χ0n) is 20.0. The number of benzene rings is 3. The van der Waals surface area contributed by atoms with E-state index in [2.05, 4.69) is 17.0 Å². The van der Waals surface area contributed by atoms with Crippen LogP contribution in [0.5, 0.6) is 0 Å². The Morgan fingerprint density at radius 3 is 1.39 bits per heavy atom. The van der Waals surface area contributed by atoms with E-state index in [-0.39, 0.29) is 11.1 Å². The minimum atomic E-state index is -1.29. The van der Waals surface area contributed by atoms with Gasteiger partial charge in [0.1, 0.15) is 23.3 Å². The summed E-state index contributed by atoms with van der Waals surface area (Å²) in [6.07, 6.45) is 2.63. The Balaban J connectivity index is 2.13. The molecule has 0 atom stereocenters. The lowest BCUT2D eigenvalue weighted by Crippen LogP contribution is -2.13. The summed E-state index contributed by atoms with van der Waals surface area (Å²) in [5, 5.41) is 36.3. The van der Waals surface area contributed by atoms with Gasteiger partial charge in [-0.15, -0.1) is 0 Å². The van der Waals surface area contributed by atoms with Crippen molar-refractivity contribution in [3.05, 3.63) is 99.6 Å². The Morgan fingerprint density at radius 2 is 1.08 bits per heavy atom. The summed E-state index contributed by atoms with van der Waals surface area (Å²) < 4.78 is 0. The Bertz CT molecular complexity index is 1360. The van der Waals surface area contributed by atoms with Gasteiger partial charge in [-0.3, -0.25) is 0 Å². The molecule has 36 heavy (non-hydrogen) atoms. The van der Waals surface area contributed by atoms with Crippen molar-refractivity contribution in [1.29, 1.82) is 10.5 Å². The second kappa shape index (κ2) is 10.9. The van der Waals surface area contributed by atoms with Gasteiger partial charge in [0.15, 0.2) is 0 Å². The lowest BCUT2D eigenvalue weighted by Gasteiger charge is -2.29. The number of nitriles is 2. The molecule has 0 heterocycles. The highest BCUT2D eigenvalue weighted by molar-refractivity contribution is 5.97. The third-order valence-corrected chi connectivity index (χ3v) is 5.49. The van der Waals surface area contributed by atoms with Gasteiger partial charge in [0, 0.05) is 11.4 Å². The van der Waals surface area contributed by atoms with Crippen LogP contribution in [-0.2, 0) is 9.59 Å². The van der Waals surface area contributed by atoms with Gasteiger partial charge in [0.05, 0.1) is 5.69 Å². The van der Waals surface area contributed by atoms with Crippen molar-refractivity contribution >= 4 is 41.2 Å². The van der Waals surface area contributed by atoms with Crippen LogP contribution in [0.15, 0.2) is 71.8 Å². The maximum Gasteiger partial charge on any atom is 0.346 e. The van der Waals surface area contributed by atoms with E-state index < -0.39 is 11.9 Å². The van der Waals surface area contributed by atoms with Crippen molar-refractivity contribution in [3.63, 3.8) is 0 Å². The molecular weight excluding hydrogens is 454 g/mol. The van der Waals surface area contributed by atoms with E-state index in [1.54, 1.807) is 36.4 Å². The number of carboxylic acid groups (broad SMARTS) is 2. The van der Waals surface area contributed by atoms with Crippen molar-refractivity contribution in [2.75, 3.05) is 4.90 Å². The highest BCUT2D eigenvalue weighted by atomic mass is 16.4. The summed E-state index contributed by atoms with van der Waals surface area (Å²) in [6, 6.07) is 21.9. The molecule has 0 bridgehead atoms. The first kappa shape index (κ1) is 25.5. The number of hydrogen-bond donors (Lipinski definition) is 2. The predicted molar refractivity (Wildman–Crippen MR) is 138 cm³/mol. The van der Waals surface area contributed by atoms with Crippen LogP contribution in [0.1, 0.15) is 27.8 Å². The van der Waals surface area contributed by atoms with Gasteiger partial charge in [0.25, 0.3) is 0 Å². The van der Waals surface area contributed by atoms with Crippen LogP contribution < -0.4 is 4.90 Å². The first-order valence-electron chi connectivity index (χ1n) is 10.9. The summed E-state index contributed by atoms with van der Waals surface area (Å²) >= 11 is 0. The molecule has 0 radical (unpaired) electrons. The summed E-state index contributed by atoms with van der Waals surface area (Å²) in [5.74, 6) is -2.57. The third-order valence-electron chi connectivity index (χ3n) is 5.49. The molecule has 0 aliphatic carbocycles.